The number of nitrogens with one attached hydrogen (secondary N) is 1. The zero-order valence-corrected chi connectivity index (χ0v) is 13.5. The molecule has 3 aromatic rings. The van der Waals surface area contributed by atoms with Gasteiger partial charge in [0, 0.05) is 0 Å². The van der Waals surface area contributed by atoms with Crippen molar-refractivity contribution >= 4 is 23.0 Å². The monoisotopic (exact) mass is 336 g/mol. The number of hydrazone groups is 1. The Bertz CT molecular complexity index is 978. The maximum atomic E-state index is 12.3. The molecule has 126 valence electrons. The molecule has 0 aliphatic heterocycles. The van der Waals surface area contributed by atoms with Gasteiger partial charge in [-0.2, -0.15) is 5.10 Å². The molecule has 2 aromatic carbocycles. The van der Waals surface area contributed by atoms with Crippen molar-refractivity contribution in [3.8, 4) is 5.75 Å². The summed E-state index contributed by atoms with van der Waals surface area (Å²) in [6, 6.07) is 14.2. The summed E-state index contributed by atoms with van der Waals surface area (Å²) in [5.74, 6) is 0.327. The maximum absolute atomic E-state index is 12.3. The Morgan fingerprint density at radius 2 is 2.00 bits per heavy atom. The zero-order valence-electron chi connectivity index (χ0n) is 13.5. The molecule has 1 amide bonds. The molecule has 0 radical (unpaired) electrons. The molecule has 0 bridgehead atoms. The van der Waals surface area contributed by atoms with E-state index >= 15 is 0 Å². The number of aromatic nitrogens is 2. The second-order valence-corrected chi connectivity index (χ2v) is 5.26. The number of benzene rings is 2. The van der Waals surface area contributed by atoms with Gasteiger partial charge in [-0.05, 0) is 42.0 Å². The number of carbonyl (C=O) groups excluding carboxylic acids is 1. The smallest absolute Gasteiger partial charge is 0.261 e. The predicted molar refractivity (Wildman–Crippen MR) is 94.7 cm³/mol. The third kappa shape index (κ3) is 3.89. The van der Waals surface area contributed by atoms with Gasteiger partial charge in [-0.25, -0.2) is 10.4 Å². The van der Waals surface area contributed by atoms with Crippen molar-refractivity contribution in [1.29, 1.82) is 0 Å². The number of rotatable bonds is 5. The minimum Gasteiger partial charge on any atom is -0.497 e. The van der Waals surface area contributed by atoms with Crippen LogP contribution in [0.5, 0.6) is 5.75 Å². The molecule has 1 aromatic heterocycles. The largest absolute Gasteiger partial charge is 0.497 e. The molecule has 25 heavy (non-hydrogen) atoms. The number of ether oxygens (including phenoxy) is 1. The Morgan fingerprint density at radius 1 is 1.24 bits per heavy atom. The van der Waals surface area contributed by atoms with Crippen LogP contribution in [-0.2, 0) is 11.3 Å². The lowest BCUT2D eigenvalue weighted by Gasteiger charge is -2.05. The summed E-state index contributed by atoms with van der Waals surface area (Å²) in [4.78, 5) is 28.4. The Balaban J connectivity index is 1.65. The predicted octanol–water partition coefficient (Wildman–Crippen LogP) is 1.56. The topological polar surface area (TPSA) is 85.6 Å². The highest BCUT2D eigenvalue weighted by Crippen LogP contribution is 2.09. The van der Waals surface area contributed by atoms with Gasteiger partial charge < -0.3 is 4.74 Å². The second kappa shape index (κ2) is 7.39. The van der Waals surface area contributed by atoms with Crippen molar-refractivity contribution in [2.24, 2.45) is 5.10 Å². The van der Waals surface area contributed by atoms with Gasteiger partial charge >= 0.3 is 0 Å². The van der Waals surface area contributed by atoms with Crippen LogP contribution < -0.4 is 15.7 Å². The van der Waals surface area contributed by atoms with E-state index in [1.807, 2.05) is 12.1 Å². The van der Waals surface area contributed by atoms with Crippen molar-refractivity contribution in [1.82, 2.24) is 15.0 Å². The first kappa shape index (κ1) is 16.4. The molecule has 1 N–H and O–H groups in total. The van der Waals surface area contributed by atoms with E-state index in [1.165, 1.54) is 17.1 Å². The first-order valence-electron chi connectivity index (χ1n) is 7.57. The second-order valence-electron chi connectivity index (χ2n) is 5.26. The number of para-hydroxylation sites is 1. The molecule has 0 atom stereocenters. The van der Waals surface area contributed by atoms with Crippen LogP contribution >= 0.6 is 0 Å². The molecule has 0 spiro atoms. The summed E-state index contributed by atoms with van der Waals surface area (Å²) >= 11 is 0. The van der Waals surface area contributed by atoms with Crippen molar-refractivity contribution in [2.75, 3.05) is 7.11 Å². The molecule has 0 saturated heterocycles. The summed E-state index contributed by atoms with van der Waals surface area (Å²) in [7, 11) is 1.59. The average Bonchev–Trinajstić information content (AvgIpc) is 2.65. The van der Waals surface area contributed by atoms with E-state index in [9.17, 15) is 9.59 Å². The summed E-state index contributed by atoms with van der Waals surface area (Å²) in [6.45, 7) is -0.156. The molecule has 7 heteroatoms. The third-order valence-corrected chi connectivity index (χ3v) is 3.56. The zero-order chi connectivity index (χ0) is 17.6. The molecular formula is C18H16N4O3. The third-order valence-electron chi connectivity index (χ3n) is 3.56. The van der Waals surface area contributed by atoms with Crippen LogP contribution in [0.4, 0.5) is 0 Å². The Labute approximate surface area is 143 Å². The number of nitrogens with zero attached hydrogens (tertiary/aromatic N) is 3. The Morgan fingerprint density at radius 3 is 2.76 bits per heavy atom. The Kier molecular flexibility index (Phi) is 4.84. The average molecular weight is 336 g/mol. The molecule has 0 saturated carbocycles. The van der Waals surface area contributed by atoms with Gasteiger partial charge in [-0.15, -0.1) is 0 Å². The van der Waals surface area contributed by atoms with Gasteiger partial charge in [0.15, 0.2) is 0 Å². The lowest BCUT2D eigenvalue weighted by atomic mass is 10.2. The fourth-order valence-electron chi connectivity index (χ4n) is 2.28. The quantitative estimate of drug-likeness (QED) is 0.566. The minimum atomic E-state index is -0.413. The highest BCUT2D eigenvalue weighted by atomic mass is 16.5. The summed E-state index contributed by atoms with van der Waals surface area (Å²) in [5.41, 5.74) is 3.54. The molecule has 0 fully saturated rings. The fourth-order valence-corrected chi connectivity index (χ4v) is 2.28. The van der Waals surface area contributed by atoms with Crippen LogP contribution in [0.3, 0.4) is 0 Å². The van der Waals surface area contributed by atoms with Crippen LogP contribution in [0.1, 0.15) is 5.56 Å². The van der Waals surface area contributed by atoms with E-state index in [2.05, 4.69) is 15.5 Å². The standard InChI is InChI=1S/C18H16N4O3/c1-25-14-8-6-13(7-9-14)10-20-21-17(23)11-22-12-19-16-5-3-2-4-15(16)18(22)24/h2-10,12H,11H2,1H3,(H,21,23)/b20-10-. The molecule has 7 nitrogen and oxygen atoms in total. The number of hydrogen-bond donors (Lipinski definition) is 1. The highest BCUT2D eigenvalue weighted by Gasteiger charge is 2.07. The van der Waals surface area contributed by atoms with E-state index in [0.717, 1.165) is 11.3 Å². The number of fused-ring (bicyclic) bond motifs is 1. The van der Waals surface area contributed by atoms with Gasteiger partial charge in [-0.3, -0.25) is 14.2 Å². The van der Waals surface area contributed by atoms with E-state index in [0.29, 0.717) is 10.9 Å². The van der Waals surface area contributed by atoms with Crippen LogP contribution in [-0.4, -0.2) is 28.8 Å². The number of methoxy groups -OCH3 is 1. The molecule has 1 heterocycles. The lowest BCUT2D eigenvalue weighted by molar-refractivity contribution is -0.121. The van der Waals surface area contributed by atoms with Crippen LogP contribution in [0, 0.1) is 0 Å². The fraction of sp³-hybridized carbons (Fsp3) is 0.111. The van der Waals surface area contributed by atoms with E-state index < -0.39 is 5.91 Å². The molecule has 3 rings (SSSR count). The SMILES string of the molecule is COc1ccc(/C=N\NC(=O)Cn2cnc3ccccc3c2=O)cc1. The van der Waals surface area contributed by atoms with Crippen LogP contribution in [0.2, 0.25) is 0 Å². The number of hydrogen-bond acceptors (Lipinski definition) is 5. The summed E-state index contributed by atoms with van der Waals surface area (Å²) < 4.78 is 6.32. The van der Waals surface area contributed by atoms with Crippen molar-refractivity contribution in [3.05, 3.63) is 70.8 Å². The summed E-state index contributed by atoms with van der Waals surface area (Å²) in [5, 5.41) is 4.36. The van der Waals surface area contributed by atoms with Gasteiger partial charge in [0.1, 0.15) is 12.3 Å². The minimum absolute atomic E-state index is 0.156. The van der Waals surface area contributed by atoms with Crippen LogP contribution in [0.25, 0.3) is 10.9 Å². The van der Waals surface area contributed by atoms with Gasteiger partial charge in [0.2, 0.25) is 0 Å². The van der Waals surface area contributed by atoms with Crippen molar-refractivity contribution < 1.29 is 9.53 Å². The number of carbonyl (C=O) groups is 1. The maximum Gasteiger partial charge on any atom is 0.261 e. The normalized spacial score (nSPS) is 10.9. The lowest BCUT2D eigenvalue weighted by Crippen LogP contribution is -2.30. The van der Waals surface area contributed by atoms with Crippen molar-refractivity contribution in [2.45, 2.75) is 6.54 Å². The highest BCUT2D eigenvalue weighted by molar-refractivity contribution is 5.82. The first-order chi connectivity index (χ1) is 12.2. The Hall–Kier alpha value is -3.48. The molecule has 0 unspecified atom stereocenters. The van der Waals surface area contributed by atoms with E-state index in [1.54, 1.807) is 43.5 Å². The first-order valence-corrected chi connectivity index (χ1v) is 7.57. The van der Waals surface area contributed by atoms with E-state index in [-0.39, 0.29) is 12.1 Å². The molecule has 0 aliphatic carbocycles. The van der Waals surface area contributed by atoms with Gasteiger partial charge in [-0.1, -0.05) is 12.1 Å². The van der Waals surface area contributed by atoms with Crippen molar-refractivity contribution in [3.63, 3.8) is 0 Å². The van der Waals surface area contributed by atoms with Crippen LogP contribution in [0.15, 0.2) is 64.8 Å². The van der Waals surface area contributed by atoms with Gasteiger partial charge in [0.25, 0.3) is 11.5 Å². The summed E-state index contributed by atoms with van der Waals surface area (Å²) in [6.07, 6.45) is 2.87. The molecule has 0 aliphatic rings. The van der Waals surface area contributed by atoms with E-state index in [4.69, 9.17) is 4.74 Å². The van der Waals surface area contributed by atoms with Gasteiger partial charge in [0.05, 0.1) is 30.6 Å². The molecular weight excluding hydrogens is 320 g/mol. The number of amides is 1.